The first-order valence-electron chi connectivity index (χ1n) is 11.5. The number of carbonyl (C=O) groups excluding carboxylic acids is 3. The van der Waals surface area contributed by atoms with E-state index >= 15 is 0 Å². The number of benzene rings is 2. The molecule has 7 nitrogen and oxygen atoms in total. The molecule has 2 aromatic carbocycles. The van der Waals surface area contributed by atoms with Crippen molar-refractivity contribution in [2.24, 2.45) is 0 Å². The molecule has 0 aromatic heterocycles. The Morgan fingerprint density at radius 1 is 1.00 bits per heavy atom. The Bertz CT molecular complexity index is 1210. The second-order valence-electron chi connectivity index (χ2n) is 8.84. The Hall–Kier alpha value is -3.87. The SMILES string of the molecule is COc1ccc(C=C2CC/C(=C3/NCCN3C3CC(=O)N(c4ccc(C)cc4)C3=O)C2=O)cc1. The lowest BCUT2D eigenvalue weighted by atomic mass is 10.1. The number of hydrogen-bond donors (Lipinski definition) is 1. The van der Waals surface area contributed by atoms with Gasteiger partial charge in [-0.1, -0.05) is 29.8 Å². The average molecular weight is 458 g/mol. The molecular weight excluding hydrogens is 430 g/mol. The maximum Gasteiger partial charge on any atom is 0.257 e. The van der Waals surface area contributed by atoms with Crippen LogP contribution in [0.5, 0.6) is 5.75 Å². The first kappa shape index (κ1) is 21.9. The Morgan fingerprint density at radius 2 is 1.74 bits per heavy atom. The lowest BCUT2D eigenvalue weighted by Gasteiger charge is -2.26. The minimum absolute atomic E-state index is 0.00242. The van der Waals surface area contributed by atoms with Crippen molar-refractivity contribution in [1.29, 1.82) is 0 Å². The Balaban J connectivity index is 1.39. The van der Waals surface area contributed by atoms with Gasteiger partial charge in [0.15, 0.2) is 5.78 Å². The number of aryl methyl sites for hydroxylation is 1. The van der Waals surface area contributed by atoms with E-state index in [2.05, 4.69) is 5.32 Å². The van der Waals surface area contributed by atoms with E-state index in [4.69, 9.17) is 4.74 Å². The standard InChI is InChI=1S/C27H27N3O4/c1-17-3-8-20(9-4-17)30-24(31)16-23(27(30)33)29-14-13-28-26(29)22-12-7-19(25(22)32)15-18-5-10-21(34-2)11-6-18/h3-6,8-11,15,23,28H,7,12-14,16H2,1-2H3/b19-15?,26-22+. The van der Waals surface area contributed by atoms with Crippen LogP contribution in [0.15, 0.2) is 65.5 Å². The van der Waals surface area contributed by atoms with E-state index in [0.717, 1.165) is 22.4 Å². The van der Waals surface area contributed by atoms with Gasteiger partial charge in [0.25, 0.3) is 5.91 Å². The first-order chi connectivity index (χ1) is 16.5. The van der Waals surface area contributed by atoms with Crippen LogP contribution in [0.2, 0.25) is 0 Å². The van der Waals surface area contributed by atoms with E-state index in [1.54, 1.807) is 19.2 Å². The van der Waals surface area contributed by atoms with Gasteiger partial charge in [0.2, 0.25) is 5.91 Å². The number of Topliss-reactive ketones (excluding diaryl/α,β-unsaturated/α-hetero) is 1. The molecule has 0 spiro atoms. The molecule has 34 heavy (non-hydrogen) atoms. The summed E-state index contributed by atoms with van der Waals surface area (Å²) in [5.74, 6) is 1.00. The largest absolute Gasteiger partial charge is 0.497 e. The molecule has 1 unspecified atom stereocenters. The summed E-state index contributed by atoms with van der Waals surface area (Å²) >= 11 is 0. The Kier molecular flexibility index (Phi) is 5.69. The summed E-state index contributed by atoms with van der Waals surface area (Å²) in [4.78, 5) is 42.5. The van der Waals surface area contributed by atoms with Crippen LogP contribution in [0.3, 0.4) is 0 Å². The molecule has 0 bridgehead atoms. The number of amides is 2. The van der Waals surface area contributed by atoms with Gasteiger partial charge in [0, 0.05) is 24.2 Å². The van der Waals surface area contributed by atoms with E-state index in [0.29, 0.717) is 43.0 Å². The molecule has 2 aliphatic heterocycles. The molecule has 1 aliphatic carbocycles. The zero-order chi connectivity index (χ0) is 23.8. The molecule has 1 atom stereocenters. The highest BCUT2D eigenvalue weighted by Gasteiger charge is 2.45. The topological polar surface area (TPSA) is 79.0 Å². The third-order valence-electron chi connectivity index (χ3n) is 6.68. The third-order valence-corrected chi connectivity index (χ3v) is 6.68. The number of carbonyl (C=O) groups is 3. The Labute approximate surface area is 198 Å². The smallest absolute Gasteiger partial charge is 0.257 e. The normalized spacial score (nSPS) is 23.9. The van der Waals surface area contributed by atoms with Gasteiger partial charge in [-0.25, -0.2) is 4.90 Å². The minimum atomic E-state index is -0.603. The third kappa shape index (κ3) is 3.87. The van der Waals surface area contributed by atoms with Crippen LogP contribution in [0, 0.1) is 6.92 Å². The average Bonchev–Trinajstić information content (AvgIpc) is 3.53. The minimum Gasteiger partial charge on any atom is -0.497 e. The summed E-state index contributed by atoms with van der Waals surface area (Å²) in [6, 6.07) is 14.4. The predicted octanol–water partition coefficient (Wildman–Crippen LogP) is 3.20. The molecule has 1 saturated carbocycles. The summed E-state index contributed by atoms with van der Waals surface area (Å²) in [5, 5.41) is 3.31. The number of methoxy groups -OCH3 is 1. The first-order valence-corrected chi connectivity index (χ1v) is 11.5. The molecule has 174 valence electrons. The van der Waals surface area contributed by atoms with E-state index in [9.17, 15) is 14.4 Å². The molecule has 2 saturated heterocycles. The fourth-order valence-corrected chi connectivity index (χ4v) is 4.87. The van der Waals surface area contributed by atoms with Gasteiger partial charge in [-0.15, -0.1) is 0 Å². The maximum atomic E-state index is 13.3. The van der Waals surface area contributed by atoms with Crippen LogP contribution in [0.25, 0.3) is 6.08 Å². The summed E-state index contributed by atoms with van der Waals surface area (Å²) in [7, 11) is 1.62. The van der Waals surface area contributed by atoms with Crippen LogP contribution in [-0.4, -0.2) is 48.7 Å². The zero-order valence-electron chi connectivity index (χ0n) is 19.3. The van der Waals surface area contributed by atoms with Crippen molar-refractivity contribution in [3.8, 4) is 5.75 Å². The lowest BCUT2D eigenvalue weighted by Crippen LogP contribution is -2.41. The molecule has 5 rings (SSSR count). The lowest BCUT2D eigenvalue weighted by molar-refractivity contribution is -0.122. The summed E-state index contributed by atoms with van der Waals surface area (Å²) in [5.41, 5.74) is 4.03. The molecular formula is C27H27N3O4. The highest BCUT2D eigenvalue weighted by atomic mass is 16.5. The highest BCUT2D eigenvalue weighted by molar-refractivity contribution is 6.22. The Morgan fingerprint density at radius 3 is 2.44 bits per heavy atom. The predicted molar refractivity (Wildman–Crippen MR) is 129 cm³/mol. The fourth-order valence-electron chi connectivity index (χ4n) is 4.87. The van der Waals surface area contributed by atoms with E-state index in [1.807, 2.05) is 54.3 Å². The number of imide groups is 1. The number of nitrogens with one attached hydrogen (secondary N) is 1. The van der Waals surface area contributed by atoms with E-state index < -0.39 is 6.04 Å². The van der Waals surface area contributed by atoms with Gasteiger partial charge < -0.3 is 15.0 Å². The van der Waals surface area contributed by atoms with Gasteiger partial charge in [-0.3, -0.25) is 14.4 Å². The van der Waals surface area contributed by atoms with Crippen molar-refractivity contribution in [2.45, 2.75) is 32.2 Å². The number of ketones is 1. The van der Waals surface area contributed by atoms with Crippen molar-refractivity contribution < 1.29 is 19.1 Å². The molecule has 7 heteroatoms. The molecule has 2 aromatic rings. The van der Waals surface area contributed by atoms with Crippen molar-refractivity contribution >= 4 is 29.4 Å². The monoisotopic (exact) mass is 457 g/mol. The van der Waals surface area contributed by atoms with Crippen molar-refractivity contribution in [3.05, 3.63) is 76.6 Å². The van der Waals surface area contributed by atoms with Gasteiger partial charge in [-0.05, 0) is 55.7 Å². The molecule has 1 N–H and O–H groups in total. The molecule has 3 fully saturated rings. The van der Waals surface area contributed by atoms with E-state index in [-0.39, 0.29) is 24.0 Å². The second-order valence-corrected chi connectivity index (χ2v) is 8.84. The summed E-state index contributed by atoms with van der Waals surface area (Å²) in [6.45, 7) is 3.17. The van der Waals surface area contributed by atoms with Crippen LogP contribution < -0.4 is 15.0 Å². The number of hydrogen-bond acceptors (Lipinski definition) is 6. The molecule has 3 aliphatic rings. The van der Waals surface area contributed by atoms with Gasteiger partial charge in [-0.2, -0.15) is 0 Å². The van der Waals surface area contributed by atoms with Crippen LogP contribution in [0.1, 0.15) is 30.4 Å². The number of ether oxygens (including phenoxy) is 1. The van der Waals surface area contributed by atoms with Gasteiger partial charge in [0.1, 0.15) is 17.6 Å². The van der Waals surface area contributed by atoms with Crippen molar-refractivity contribution in [1.82, 2.24) is 10.2 Å². The number of allylic oxidation sites excluding steroid dienone is 2. The maximum absolute atomic E-state index is 13.3. The summed E-state index contributed by atoms with van der Waals surface area (Å²) < 4.78 is 5.20. The van der Waals surface area contributed by atoms with Gasteiger partial charge in [0.05, 0.1) is 19.2 Å². The summed E-state index contributed by atoms with van der Waals surface area (Å²) in [6.07, 6.45) is 3.27. The van der Waals surface area contributed by atoms with Crippen molar-refractivity contribution in [2.75, 3.05) is 25.1 Å². The second kappa shape index (κ2) is 8.82. The van der Waals surface area contributed by atoms with Crippen molar-refractivity contribution in [3.63, 3.8) is 0 Å². The molecule has 0 radical (unpaired) electrons. The molecule has 2 heterocycles. The van der Waals surface area contributed by atoms with E-state index in [1.165, 1.54) is 4.90 Å². The zero-order valence-corrected chi connectivity index (χ0v) is 19.3. The number of rotatable bonds is 4. The number of anilines is 1. The van der Waals surface area contributed by atoms with Crippen LogP contribution >= 0.6 is 0 Å². The quantitative estimate of drug-likeness (QED) is 0.561. The highest BCUT2D eigenvalue weighted by Crippen LogP contribution is 2.34. The molecule has 2 amide bonds. The van der Waals surface area contributed by atoms with Crippen LogP contribution in [-0.2, 0) is 14.4 Å². The fraction of sp³-hybridized carbons (Fsp3) is 0.296. The number of nitrogens with zero attached hydrogens (tertiary/aromatic N) is 2. The van der Waals surface area contributed by atoms with Crippen LogP contribution in [0.4, 0.5) is 5.69 Å². The van der Waals surface area contributed by atoms with Gasteiger partial charge >= 0.3 is 0 Å².